The first kappa shape index (κ1) is 57.5. The van der Waals surface area contributed by atoms with Crippen LogP contribution in [0.2, 0.25) is 0 Å². The summed E-state index contributed by atoms with van der Waals surface area (Å²) in [4.78, 5) is 82.2. The van der Waals surface area contributed by atoms with Crippen LogP contribution in [0.4, 0.5) is 4.79 Å². The van der Waals surface area contributed by atoms with Gasteiger partial charge in [0, 0.05) is 31.3 Å². The number of nitrogens with one attached hydrogen (secondary N) is 2. The number of methoxy groups -OCH3 is 3. The maximum absolute atomic E-state index is 14.4. The smallest absolute Gasteiger partial charge is 0.407 e. The Morgan fingerprint density at radius 1 is 0.806 bits per heavy atom. The van der Waals surface area contributed by atoms with Gasteiger partial charge < -0.3 is 59.5 Å². The number of amides is 4. The van der Waals surface area contributed by atoms with E-state index in [9.17, 15) is 37.2 Å². The van der Waals surface area contributed by atoms with E-state index in [4.69, 9.17) is 29.4 Å². The normalized spacial score (nSPS) is 13.1. The SMILES string of the molecule is COC(=O)CNC(=O)CN(CCCN(Cc1ccc(OC)cc1OC)/C(N)=N/S(=O)(=O)c1c(C)c(C)c2c(c1C)CCC(C)(C)O2)C(=O)CN(CC(=O)OC(C)(C)C)C(=O)CNC(=O)OCc1ccccc1. The maximum atomic E-state index is 14.4. The van der Waals surface area contributed by atoms with Gasteiger partial charge in [0.1, 0.15) is 61.2 Å². The lowest BCUT2D eigenvalue weighted by molar-refractivity contribution is -0.159. The molecule has 0 radical (unpaired) electrons. The van der Waals surface area contributed by atoms with E-state index in [0.717, 1.165) is 22.5 Å². The number of fused-ring (bicyclic) bond motifs is 1. The van der Waals surface area contributed by atoms with Gasteiger partial charge >= 0.3 is 18.0 Å². The molecular formula is C50H69N7O14S. The van der Waals surface area contributed by atoms with E-state index < -0.39 is 95.7 Å². The Morgan fingerprint density at radius 2 is 1.49 bits per heavy atom. The van der Waals surface area contributed by atoms with Crippen LogP contribution in [-0.2, 0) is 67.8 Å². The second-order valence-electron chi connectivity index (χ2n) is 18.7. The largest absolute Gasteiger partial charge is 0.497 e. The van der Waals surface area contributed by atoms with E-state index in [1.807, 2.05) is 13.8 Å². The van der Waals surface area contributed by atoms with Crippen molar-refractivity contribution in [2.75, 3.05) is 67.1 Å². The quantitative estimate of drug-likeness (QED) is 0.0559. The minimum atomic E-state index is -4.48. The van der Waals surface area contributed by atoms with Gasteiger partial charge in [0.2, 0.25) is 23.7 Å². The van der Waals surface area contributed by atoms with Gasteiger partial charge in [-0.3, -0.25) is 24.0 Å². The summed E-state index contributed by atoms with van der Waals surface area (Å²) < 4.78 is 65.6. The number of sulfonamides is 1. The predicted molar refractivity (Wildman–Crippen MR) is 266 cm³/mol. The van der Waals surface area contributed by atoms with Gasteiger partial charge in [0.25, 0.3) is 10.0 Å². The highest BCUT2D eigenvalue weighted by Crippen LogP contribution is 2.42. The van der Waals surface area contributed by atoms with Gasteiger partial charge in [-0.25, -0.2) is 4.79 Å². The molecule has 1 heterocycles. The molecule has 0 unspecified atom stereocenters. The van der Waals surface area contributed by atoms with Crippen molar-refractivity contribution in [3.8, 4) is 17.2 Å². The second kappa shape index (κ2) is 25.3. The van der Waals surface area contributed by atoms with E-state index in [1.54, 1.807) is 90.1 Å². The lowest BCUT2D eigenvalue weighted by Crippen LogP contribution is -2.51. The van der Waals surface area contributed by atoms with Crippen molar-refractivity contribution in [2.45, 2.75) is 104 Å². The molecular weight excluding hydrogens is 955 g/mol. The number of esters is 2. The fraction of sp³-hybridized carbons (Fsp3) is 0.500. The lowest BCUT2D eigenvalue weighted by Gasteiger charge is -2.35. The first-order valence-electron chi connectivity index (χ1n) is 23.2. The summed E-state index contributed by atoms with van der Waals surface area (Å²) in [6.45, 7) is 10.3. The molecule has 0 bridgehead atoms. The van der Waals surface area contributed by atoms with E-state index in [1.165, 1.54) is 19.1 Å². The van der Waals surface area contributed by atoms with Crippen LogP contribution in [0, 0.1) is 20.8 Å². The van der Waals surface area contributed by atoms with Crippen LogP contribution in [-0.4, -0.2) is 143 Å². The fourth-order valence-electron chi connectivity index (χ4n) is 7.70. The Balaban J connectivity index is 1.67. The van der Waals surface area contributed by atoms with Crippen LogP contribution in [0.1, 0.15) is 80.8 Å². The van der Waals surface area contributed by atoms with Crippen LogP contribution < -0.4 is 30.6 Å². The standard InChI is InChI=1S/C50H69N7O14S/c1-32-33(2)46(34(3)38-20-21-50(7,8)71-45(32)38)72(64,65)54-47(51)56(27-36-18-19-37(66-9)24-39(36)67-10)23-15-22-55(28-40(58)52-26-43(61)68-11)42(60)29-57(30-44(62)70-49(4,5)6)41(59)25-53-48(63)69-31-35-16-13-12-14-17-35/h12-14,16-19,24H,15,20-23,25-31H2,1-11H3,(H2,51,54)(H,52,58)(H,53,63). The summed E-state index contributed by atoms with van der Waals surface area (Å²) in [7, 11) is -0.389. The number of ether oxygens (including phenoxy) is 6. The Morgan fingerprint density at radius 3 is 2.12 bits per heavy atom. The minimum Gasteiger partial charge on any atom is -0.497 e. The zero-order valence-electron chi connectivity index (χ0n) is 43.1. The minimum absolute atomic E-state index is 0.00600. The molecule has 3 aromatic rings. The molecule has 0 aliphatic carbocycles. The number of carbonyl (C=O) groups is 6. The van der Waals surface area contributed by atoms with Crippen LogP contribution in [0.5, 0.6) is 17.2 Å². The molecule has 0 aromatic heterocycles. The molecule has 4 N–H and O–H groups in total. The molecule has 21 nitrogen and oxygen atoms in total. The molecule has 0 saturated heterocycles. The Kier molecular flexibility index (Phi) is 20.2. The molecule has 3 aromatic carbocycles. The summed E-state index contributed by atoms with van der Waals surface area (Å²) >= 11 is 0. The number of hydrogen-bond acceptors (Lipinski definition) is 14. The van der Waals surface area contributed by atoms with Crippen molar-refractivity contribution in [1.29, 1.82) is 0 Å². The van der Waals surface area contributed by atoms with Gasteiger partial charge in [-0.05, 0) is 115 Å². The second-order valence-corrected chi connectivity index (χ2v) is 20.2. The van der Waals surface area contributed by atoms with Crippen molar-refractivity contribution in [3.63, 3.8) is 0 Å². The van der Waals surface area contributed by atoms with Crippen molar-refractivity contribution in [2.24, 2.45) is 10.1 Å². The molecule has 4 rings (SSSR count). The summed E-state index contributed by atoms with van der Waals surface area (Å²) in [5, 5.41) is 4.72. The molecule has 4 amide bonds. The fourth-order valence-corrected chi connectivity index (χ4v) is 9.20. The van der Waals surface area contributed by atoms with Crippen molar-refractivity contribution >= 4 is 51.7 Å². The van der Waals surface area contributed by atoms with Gasteiger partial charge in [-0.2, -0.15) is 8.42 Å². The average molecular weight is 1020 g/mol. The number of guanidine groups is 1. The molecule has 394 valence electrons. The molecule has 22 heteroatoms. The van der Waals surface area contributed by atoms with E-state index in [2.05, 4.69) is 19.8 Å². The monoisotopic (exact) mass is 1020 g/mol. The third-order valence-electron chi connectivity index (χ3n) is 11.5. The highest BCUT2D eigenvalue weighted by atomic mass is 32.2. The zero-order valence-corrected chi connectivity index (χ0v) is 43.9. The average Bonchev–Trinajstić information content (AvgIpc) is 3.31. The molecule has 0 fully saturated rings. The predicted octanol–water partition coefficient (Wildman–Crippen LogP) is 3.84. The first-order chi connectivity index (χ1) is 33.8. The number of nitrogens with zero attached hydrogens (tertiary/aromatic N) is 4. The third kappa shape index (κ3) is 16.8. The molecule has 0 atom stereocenters. The highest BCUT2D eigenvalue weighted by molar-refractivity contribution is 7.90. The van der Waals surface area contributed by atoms with Gasteiger partial charge in [0.05, 0.1) is 32.8 Å². The maximum Gasteiger partial charge on any atom is 0.407 e. The number of alkyl carbamates (subject to hydrolysis) is 1. The van der Waals surface area contributed by atoms with Gasteiger partial charge in [-0.1, -0.05) is 30.3 Å². The lowest BCUT2D eigenvalue weighted by atomic mass is 9.88. The number of benzene rings is 3. The zero-order chi connectivity index (χ0) is 53.6. The Labute approximate surface area is 421 Å². The summed E-state index contributed by atoms with van der Waals surface area (Å²) in [6.07, 6.45) is 0.334. The van der Waals surface area contributed by atoms with Crippen LogP contribution >= 0.6 is 0 Å². The first-order valence-corrected chi connectivity index (χ1v) is 24.6. The Hall–Kier alpha value is -7.10. The van der Waals surface area contributed by atoms with Gasteiger partial charge in [-0.15, -0.1) is 4.40 Å². The van der Waals surface area contributed by atoms with E-state index >= 15 is 0 Å². The topological polar surface area (TPSA) is 264 Å². The van der Waals surface area contributed by atoms with E-state index in [0.29, 0.717) is 57.9 Å². The molecule has 1 aliphatic heterocycles. The number of rotatable bonds is 22. The summed E-state index contributed by atoms with van der Waals surface area (Å²) in [5.41, 5.74) is 8.92. The van der Waals surface area contributed by atoms with Crippen LogP contribution in [0.3, 0.4) is 0 Å². The van der Waals surface area contributed by atoms with Gasteiger partial charge in [0.15, 0.2) is 0 Å². The molecule has 0 spiro atoms. The molecule has 1 aliphatic rings. The summed E-state index contributed by atoms with van der Waals surface area (Å²) in [5.74, 6) is -2.93. The number of nitrogens with two attached hydrogens (primary N) is 1. The number of hydrogen-bond donors (Lipinski definition) is 3. The highest BCUT2D eigenvalue weighted by Gasteiger charge is 2.34. The molecule has 0 saturated carbocycles. The third-order valence-corrected chi connectivity index (χ3v) is 13.1. The van der Waals surface area contributed by atoms with Crippen molar-refractivity contribution < 1.29 is 65.6 Å². The number of carbonyl (C=O) groups excluding carboxylic acids is 6. The van der Waals surface area contributed by atoms with E-state index in [-0.39, 0.29) is 37.6 Å². The Bertz CT molecular complexity index is 2600. The van der Waals surface area contributed by atoms with Crippen molar-refractivity contribution in [3.05, 3.63) is 81.9 Å². The van der Waals surface area contributed by atoms with Crippen LogP contribution in [0.25, 0.3) is 0 Å². The summed E-state index contributed by atoms with van der Waals surface area (Å²) in [6, 6.07) is 13.9. The molecule has 72 heavy (non-hydrogen) atoms. The van der Waals surface area contributed by atoms with Crippen LogP contribution in [0.15, 0.2) is 57.8 Å². The van der Waals surface area contributed by atoms with Crippen molar-refractivity contribution in [1.82, 2.24) is 25.3 Å².